The van der Waals surface area contributed by atoms with E-state index >= 15 is 0 Å². The Morgan fingerprint density at radius 3 is 1.61 bits per heavy atom. The summed E-state index contributed by atoms with van der Waals surface area (Å²) in [6.07, 6.45) is 7.45. The third-order valence-corrected chi connectivity index (χ3v) is 5.37. The van der Waals surface area contributed by atoms with Crippen molar-refractivity contribution in [3.8, 4) is 0 Å². The molecule has 0 aliphatic carbocycles. The van der Waals surface area contributed by atoms with E-state index in [9.17, 15) is 0 Å². The Balaban J connectivity index is 0.00000225. The van der Waals surface area contributed by atoms with Gasteiger partial charge in [-0.15, -0.1) is 12.4 Å². The number of hydrogen-bond acceptors (Lipinski definition) is 6. The molecule has 152 valence electrons. The van der Waals surface area contributed by atoms with E-state index in [-0.39, 0.29) is 12.4 Å². The lowest BCUT2D eigenvalue weighted by Gasteiger charge is -2.30. The zero-order chi connectivity index (χ0) is 18.6. The molecular weight excluding hydrogens is 372 g/mol. The molecule has 0 atom stereocenters. The van der Waals surface area contributed by atoms with Crippen LogP contribution >= 0.6 is 12.4 Å². The van der Waals surface area contributed by atoms with Crippen LogP contribution in [0.5, 0.6) is 0 Å². The minimum Gasteiger partial charge on any atom is -0.341 e. The van der Waals surface area contributed by atoms with Crippen LogP contribution in [0.2, 0.25) is 0 Å². The van der Waals surface area contributed by atoms with Crippen molar-refractivity contribution in [3.63, 3.8) is 0 Å². The summed E-state index contributed by atoms with van der Waals surface area (Å²) in [5.74, 6) is 2.28. The molecule has 0 unspecified atom stereocenters. The van der Waals surface area contributed by atoms with Gasteiger partial charge in [0, 0.05) is 31.9 Å². The molecule has 0 radical (unpaired) electrons. The lowest BCUT2D eigenvalue weighted by molar-refractivity contribution is 0.556. The van der Waals surface area contributed by atoms with E-state index in [0.29, 0.717) is 5.95 Å². The van der Waals surface area contributed by atoms with Gasteiger partial charge in [-0.3, -0.25) is 0 Å². The maximum absolute atomic E-state index is 4.85. The standard InChI is InChI=1S/C21H30N6.ClH/c1-16-13-17(2)15-18(14-16)22-19-23-20(26-9-5-3-6-10-26)25-21(24-19)27-11-7-4-8-12-27;/h13-15H,3-12H2,1-2H3,(H,22,23,24,25);1H. The molecule has 2 saturated heterocycles. The van der Waals surface area contributed by atoms with Crippen LogP contribution in [0, 0.1) is 13.8 Å². The molecule has 2 aliphatic heterocycles. The second kappa shape index (κ2) is 9.41. The van der Waals surface area contributed by atoms with Gasteiger partial charge in [0.2, 0.25) is 17.8 Å². The lowest BCUT2D eigenvalue weighted by Crippen LogP contribution is -2.34. The average molecular weight is 403 g/mol. The number of aryl methyl sites for hydroxylation is 2. The van der Waals surface area contributed by atoms with Crippen LogP contribution in [-0.2, 0) is 0 Å². The molecule has 0 spiro atoms. The third-order valence-electron chi connectivity index (χ3n) is 5.37. The quantitative estimate of drug-likeness (QED) is 0.804. The minimum atomic E-state index is 0. The fourth-order valence-electron chi connectivity index (χ4n) is 4.06. The molecule has 1 aromatic carbocycles. The highest BCUT2D eigenvalue weighted by Gasteiger charge is 2.20. The van der Waals surface area contributed by atoms with Crippen LogP contribution in [-0.4, -0.2) is 41.1 Å². The molecule has 1 N–H and O–H groups in total. The predicted octanol–water partition coefficient (Wildman–Crippen LogP) is 4.63. The van der Waals surface area contributed by atoms with Crippen LogP contribution in [0.4, 0.5) is 23.5 Å². The van der Waals surface area contributed by atoms with Crippen LogP contribution in [0.1, 0.15) is 49.7 Å². The fourth-order valence-corrected chi connectivity index (χ4v) is 4.06. The molecule has 28 heavy (non-hydrogen) atoms. The summed E-state index contributed by atoms with van der Waals surface area (Å²) in [5, 5.41) is 3.43. The smallest absolute Gasteiger partial charge is 0.233 e. The Morgan fingerprint density at radius 1 is 0.679 bits per heavy atom. The molecule has 7 heteroatoms. The number of anilines is 4. The van der Waals surface area contributed by atoms with Gasteiger partial charge in [0.25, 0.3) is 0 Å². The van der Waals surface area contributed by atoms with Crippen LogP contribution in [0.3, 0.4) is 0 Å². The summed E-state index contributed by atoms with van der Waals surface area (Å²) in [4.78, 5) is 19.0. The molecule has 2 fully saturated rings. The second-order valence-corrected chi connectivity index (χ2v) is 7.86. The van der Waals surface area contributed by atoms with Crippen molar-refractivity contribution in [2.45, 2.75) is 52.4 Å². The number of benzene rings is 1. The number of piperidine rings is 2. The van der Waals surface area contributed by atoms with Crippen molar-refractivity contribution in [1.29, 1.82) is 0 Å². The van der Waals surface area contributed by atoms with Gasteiger partial charge >= 0.3 is 0 Å². The second-order valence-electron chi connectivity index (χ2n) is 7.86. The Bertz CT molecular complexity index is 728. The Morgan fingerprint density at radius 2 is 1.14 bits per heavy atom. The Kier molecular flexibility index (Phi) is 6.94. The fraction of sp³-hybridized carbons (Fsp3) is 0.571. The summed E-state index contributed by atoms with van der Waals surface area (Å²) < 4.78 is 0. The van der Waals surface area contributed by atoms with Gasteiger partial charge in [0.1, 0.15) is 0 Å². The van der Waals surface area contributed by atoms with E-state index < -0.39 is 0 Å². The predicted molar refractivity (Wildman–Crippen MR) is 118 cm³/mol. The van der Waals surface area contributed by atoms with Crippen molar-refractivity contribution in [1.82, 2.24) is 15.0 Å². The molecule has 4 rings (SSSR count). The third kappa shape index (κ3) is 5.04. The first-order chi connectivity index (χ1) is 13.2. The molecule has 0 saturated carbocycles. The number of rotatable bonds is 4. The highest BCUT2D eigenvalue weighted by Crippen LogP contribution is 2.24. The van der Waals surface area contributed by atoms with E-state index in [1.54, 1.807) is 0 Å². The Labute approximate surface area is 174 Å². The highest BCUT2D eigenvalue weighted by atomic mass is 35.5. The molecular formula is C21H31ClN6. The highest BCUT2D eigenvalue weighted by molar-refractivity contribution is 5.85. The first-order valence-corrected chi connectivity index (χ1v) is 10.3. The normalized spacial score (nSPS) is 17.2. The number of aromatic nitrogens is 3. The van der Waals surface area contributed by atoms with Crippen molar-refractivity contribution >= 4 is 35.9 Å². The van der Waals surface area contributed by atoms with Gasteiger partial charge in [0.05, 0.1) is 0 Å². The topological polar surface area (TPSA) is 57.2 Å². The number of nitrogens with one attached hydrogen (secondary N) is 1. The lowest BCUT2D eigenvalue weighted by atomic mass is 10.1. The van der Waals surface area contributed by atoms with Crippen molar-refractivity contribution in [2.75, 3.05) is 41.3 Å². The van der Waals surface area contributed by atoms with E-state index in [0.717, 1.165) is 43.8 Å². The maximum atomic E-state index is 4.85. The number of nitrogens with zero attached hydrogens (tertiary/aromatic N) is 5. The zero-order valence-electron chi connectivity index (χ0n) is 16.9. The summed E-state index contributed by atoms with van der Waals surface area (Å²) in [6.45, 7) is 8.37. The SMILES string of the molecule is Cc1cc(C)cc(Nc2nc(N3CCCCC3)nc(N3CCCCC3)n2)c1.Cl. The van der Waals surface area contributed by atoms with Gasteiger partial charge < -0.3 is 15.1 Å². The van der Waals surface area contributed by atoms with Gasteiger partial charge in [-0.25, -0.2) is 0 Å². The first-order valence-electron chi connectivity index (χ1n) is 10.3. The van der Waals surface area contributed by atoms with Crippen LogP contribution in [0.15, 0.2) is 18.2 Å². The summed E-state index contributed by atoms with van der Waals surface area (Å²) in [7, 11) is 0. The van der Waals surface area contributed by atoms with Gasteiger partial charge in [-0.05, 0) is 75.6 Å². The van der Waals surface area contributed by atoms with Gasteiger partial charge in [-0.2, -0.15) is 15.0 Å². The molecule has 2 aliphatic rings. The summed E-state index contributed by atoms with van der Waals surface area (Å²) in [6, 6.07) is 6.45. The summed E-state index contributed by atoms with van der Waals surface area (Å²) in [5.41, 5.74) is 3.51. The van der Waals surface area contributed by atoms with Crippen LogP contribution < -0.4 is 15.1 Å². The summed E-state index contributed by atoms with van der Waals surface area (Å²) >= 11 is 0. The molecule has 0 bridgehead atoms. The number of halogens is 1. The van der Waals surface area contributed by atoms with Crippen molar-refractivity contribution in [3.05, 3.63) is 29.3 Å². The van der Waals surface area contributed by atoms with E-state index in [4.69, 9.17) is 15.0 Å². The van der Waals surface area contributed by atoms with Crippen molar-refractivity contribution < 1.29 is 0 Å². The molecule has 3 heterocycles. The molecule has 1 aromatic heterocycles. The largest absolute Gasteiger partial charge is 0.341 e. The van der Waals surface area contributed by atoms with E-state index in [2.05, 4.69) is 47.2 Å². The molecule has 0 amide bonds. The first kappa shape index (κ1) is 20.6. The van der Waals surface area contributed by atoms with Crippen LogP contribution in [0.25, 0.3) is 0 Å². The van der Waals surface area contributed by atoms with Crippen molar-refractivity contribution in [2.24, 2.45) is 0 Å². The van der Waals surface area contributed by atoms with Gasteiger partial charge in [0.15, 0.2) is 0 Å². The maximum Gasteiger partial charge on any atom is 0.233 e. The average Bonchev–Trinajstić information content (AvgIpc) is 2.68. The van der Waals surface area contributed by atoms with E-state index in [1.165, 1.54) is 49.7 Å². The monoisotopic (exact) mass is 402 g/mol. The minimum absolute atomic E-state index is 0. The molecule has 2 aromatic rings. The van der Waals surface area contributed by atoms with Gasteiger partial charge in [-0.1, -0.05) is 6.07 Å². The molecule has 6 nitrogen and oxygen atoms in total. The Hall–Kier alpha value is -2.08. The van der Waals surface area contributed by atoms with E-state index in [1.807, 2.05) is 0 Å². The zero-order valence-corrected chi connectivity index (χ0v) is 17.8. The number of hydrogen-bond donors (Lipinski definition) is 1.